The van der Waals surface area contributed by atoms with Crippen molar-refractivity contribution < 1.29 is 0 Å². The minimum atomic E-state index is -0.0634. The summed E-state index contributed by atoms with van der Waals surface area (Å²) < 4.78 is 0. The predicted molar refractivity (Wildman–Crippen MR) is 94.1 cm³/mol. The molecule has 0 fully saturated rings. The number of halogens is 1. The first-order valence-electron chi connectivity index (χ1n) is 7.85. The molecule has 1 atom stereocenters. The molecule has 0 aliphatic carbocycles. The molecule has 0 aliphatic rings. The molecule has 0 rings (SSSR count). The van der Waals surface area contributed by atoms with Gasteiger partial charge in [-0.3, -0.25) is 0 Å². The van der Waals surface area contributed by atoms with Crippen LogP contribution >= 0.6 is 24.2 Å². The van der Waals surface area contributed by atoms with Crippen molar-refractivity contribution in [2.24, 2.45) is 11.1 Å². The van der Waals surface area contributed by atoms with E-state index in [0.29, 0.717) is 0 Å². The van der Waals surface area contributed by atoms with Crippen LogP contribution in [-0.4, -0.2) is 5.37 Å². The largest absolute Gasteiger partial charge is 0.318 e. The van der Waals surface area contributed by atoms with E-state index in [1.54, 1.807) is 0 Å². The molecule has 2 nitrogen and oxygen atoms in total. The average Bonchev–Trinajstić information content (AvgIpc) is 2.37. The van der Waals surface area contributed by atoms with Crippen LogP contribution in [0.15, 0.2) is 0 Å². The Bertz CT molecular complexity index is 251. The third-order valence-corrected chi connectivity index (χ3v) is 4.87. The number of thioether (sulfide) groups is 1. The highest BCUT2D eigenvalue weighted by molar-refractivity contribution is 8.04. The standard InChI is InChI=1S/C16H32N2S.ClH/c1-4-5-6-7-8-9-10-11-12-13-16(2,3)15(18)19-14-17;/h15H,4-13,18H2,1-3H3;1H. The van der Waals surface area contributed by atoms with Crippen molar-refractivity contribution >= 4 is 24.2 Å². The minimum absolute atomic E-state index is 0. The van der Waals surface area contributed by atoms with Crippen molar-refractivity contribution in [3.05, 3.63) is 0 Å². The van der Waals surface area contributed by atoms with Gasteiger partial charge < -0.3 is 5.73 Å². The maximum atomic E-state index is 8.66. The van der Waals surface area contributed by atoms with Crippen molar-refractivity contribution in [1.82, 2.24) is 0 Å². The summed E-state index contributed by atoms with van der Waals surface area (Å²) in [5.41, 5.74) is 6.08. The Morgan fingerprint density at radius 3 is 1.90 bits per heavy atom. The van der Waals surface area contributed by atoms with Gasteiger partial charge in [0.05, 0.1) is 5.37 Å². The average molecular weight is 321 g/mol. The molecule has 0 aromatic carbocycles. The molecule has 0 saturated carbocycles. The van der Waals surface area contributed by atoms with Crippen molar-refractivity contribution in [2.75, 3.05) is 0 Å². The Hall–Kier alpha value is 0.0900. The Balaban J connectivity index is 0. The van der Waals surface area contributed by atoms with Crippen LogP contribution in [0.2, 0.25) is 0 Å². The second-order valence-corrected chi connectivity index (χ2v) is 7.12. The van der Waals surface area contributed by atoms with Gasteiger partial charge in [0.15, 0.2) is 0 Å². The highest BCUT2D eigenvalue weighted by atomic mass is 35.5. The lowest BCUT2D eigenvalue weighted by Crippen LogP contribution is -2.34. The number of hydrogen-bond donors (Lipinski definition) is 1. The van der Waals surface area contributed by atoms with E-state index < -0.39 is 0 Å². The number of nitrogens with zero attached hydrogens (tertiary/aromatic N) is 1. The van der Waals surface area contributed by atoms with Gasteiger partial charge >= 0.3 is 0 Å². The molecule has 1 unspecified atom stereocenters. The molecule has 0 amide bonds. The van der Waals surface area contributed by atoms with Gasteiger partial charge in [-0.2, -0.15) is 5.26 Å². The number of unbranched alkanes of at least 4 members (excludes halogenated alkanes) is 8. The van der Waals surface area contributed by atoms with Crippen molar-refractivity contribution in [3.63, 3.8) is 0 Å². The van der Waals surface area contributed by atoms with Gasteiger partial charge in [0.2, 0.25) is 0 Å². The first kappa shape index (κ1) is 22.4. The van der Waals surface area contributed by atoms with Gasteiger partial charge in [0, 0.05) is 0 Å². The Labute approximate surface area is 136 Å². The molecule has 0 aromatic rings. The summed E-state index contributed by atoms with van der Waals surface area (Å²) in [5, 5.41) is 10.7. The Kier molecular flexibility index (Phi) is 15.7. The maximum Gasteiger partial charge on any atom is 0.134 e. The molecule has 0 spiro atoms. The molecule has 0 aromatic heterocycles. The third kappa shape index (κ3) is 11.9. The fraction of sp³-hybridized carbons (Fsp3) is 0.938. The van der Waals surface area contributed by atoms with E-state index >= 15 is 0 Å². The second kappa shape index (κ2) is 14.0. The number of nitrogens with two attached hydrogens (primary N) is 1. The lowest BCUT2D eigenvalue weighted by Gasteiger charge is -2.29. The molecule has 20 heavy (non-hydrogen) atoms. The minimum Gasteiger partial charge on any atom is -0.318 e. The van der Waals surface area contributed by atoms with Crippen LogP contribution in [0, 0.1) is 16.1 Å². The number of thiocyanates is 1. The third-order valence-electron chi connectivity index (χ3n) is 3.87. The number of rotatable bonds is 12. The van der Waals surface area contributed by atoms with Crippen LogP contribution in [0.3, 0.4) is 0 Å². The quantitative estimate of drug-likeness (QED) is 0.278. The molecule has 0 bridgehead atoms. The van der Waals surface area contributed by atoms with Gasteiger partial charge in [0.1, 0.15) is 5.40 Å². The summed E-state index contributed by atoms with van der Waals surface area (Å²) in [6, 6.07) is 0. The van der Waals surface area contributed by atoms with Gasteiger partial charge in [-0.05, 0) is 23.6 Å². The fourth-order valence-corrected chi connectivity index (χ4v) is 2.80. The Morgan fingerprint density at radius 2 is 1.45 bits per heavy atom. The zero-order valence-corrected chi connectivity index (χ0v) is 15.1. The number of nitriles is 1. The molecule has 4 heteroatoms. The summed E-state index contributed by atoms with van der Waals surface area (Å²) in [7, 11) is 0. The smallest absolute Gasteiger partial charge is 0.134 e. The highest BCUT2D eigenvalue weighted by Gasteiger charge is 2.26. The first-order chi connectivity index (χ1) is 9.04. The van der Waals surface area contributed by atoms with E-state index in [0.717, 1.165) is 6.42 Å². The summed E-state index contributed by atoms with van der Waals surface area (Å²) in [6.07, 6.45) is 13.3. The van der Waals surface area contributed by atoms with Crippen LogP contribution < -0.4 is 5.73 Å². The molecule has 0 heterocycles. The second-order valence-electron chi connectivity index (χ2n) is 6.20. The van der Waals surface area contributed by atoms with E-state index in [9.17, 15) is 0 Å². The summed E-state index contributed by atoms with van der Waals surface area (Å²) in [4.78, 5) is 0. The predicted octanol–water partition coefficient (Wildman–Crippen LogP) is 5.85. The molecule has 120 valence electrons. The number of hydrogen-bond acceptors (Lipinski definition) is 3. The van der Waals surface area contributed by atoms with Crippen LogP contribution in [0.4, 0.5) is 0 Å². The first-order valence-corrected chi connectivity index (χ1v) is 8.73. The van der Waals surface area contributed by atoms with Crippen LogP contribution in [0.1, 0.15) is 85.0 Å². The van der Waals surface area contributed by atoms with Crippen molar-refractivity contribution in [1.29, 1.82) is 5.26 Å². The molecular formula is C16H33ClN2S. The van der Waals surface area contributed by atoms with Crippen LogP contribution in [-0.2, 0) is 0 Å². The monoisotopic (exact) mass is 320 g/mol. The van der Waals surface area contributed by atoms with Gasteiger partial charge in [-0.25, -0.2) is 0 Å². The maximum absolute atomic E-state index is 8.66. The van der Waals surface area contributed by atoms with Crippen molar-refractivity contribution in [2.45, 2.75) is 90.4 Å². The summed E-state index contributed by atoms with van der Waals surface area (Å²) in [5.74, 6) is 0. The van der Waals surface area contributed by atoms with Gasteiger partial charge in [-0.1, -0.05) is 78.6 Å². The summed E-state index contributed by atoms with van der Waals surface area (Å²) >= 11 is 1.20. The molecule has 2 N–H and O–H groups in total. The lowest BCUT2D eigenvalue weighted by molar-refractivity contribution is 0.310. The van der Waals surface area contributed by atoms with Crippen LogP contribution in [0.25, 0.3) is 0 Å². The van der Waals surface area contributed by atoms with Gasteiger partial charge in [-0.15, -0.1) is 12.4 Å². The topological polar surface area (TPSA) is 49.8 Å². The van der Waals surface area contributed by atoms with Gasteiger partial charge in [0.25, 0.3) is 0 Å². The van der Waals surface area contributed by atoms with E-state index in [4.69, 9.17) is 11.0 Å². The SMILES string of the molecule is CCCCCCCCCCCC(C)(C)C(N)SC#N.Cl. The fourth-order valence-electron chi connectivity index (χ4n) is 2.25. The zero-order valence-electron chi connectivity index (χ0n) is 13.5. The molecule has 0 saturated heterocycles. The zero-order chi connectivity index (χ0) is 14.6. The molecule has 0 aliphatic heterocycles. The highest BCUT2D eigenvalue weighted by Crippen LogP contribution is 2.32. The van der Waals surface area contributed by atoms with E-state index in [2.05, 4.69) is 26.2 Å². The van der Waals surface area contributed by atoms with Crippen molar-refractivity contribution in [3.8, 4) is 5.40 Å². The normalized spacial score (nSPS) is 12.6. The van der Waals surface area contributed by atoms with E-state index in [1.165, 1.54) is 69.5 Å². The lowest BCUT2D eigenvalue weighted by atomic mass is 9.86. The molecule has 0 radical (unpaired) electrons. The van der Waals surface area contributed by atoms with E-state index in [1.807, 2.05) is 0 Å². The van der Waals surface area contributed by atoms with E-state index in [-0.39, 0.29) is 23.2 Å². The summed E-state index contributed by atoms with van der Waals surface area (Å²) in [6.45, 7) is 6.61. The Morgan fingerprint density at radius 1 is 1.00 bits per heavy atom. The molecular weight excluding hydrogens is 288 g/mol. The van der Waals surface area contributed by atoms with Crippen LogP contribution in [0.5, 0.6) is 0 Å².